The highest BCUT2D eigenvalue weighted by Crippen LogP contribution is 1.95. The topological polar surface area (TPSA) is 52.6 Å². The predicted molar refractivity (Wildman–Crippen MR) is 37.8 cm³/mol. The van der Waals surface area contributed by atoms with Crippen molar-refractivity contribution < 1.29 is 23.2 Å². The Labute approximate surface area is 69.0 Å². The molecule has 0 aromatic carbocycles. The van der Waals surface area contributed by atoms with E-state index in [4.69, 9.17) is 4.11 Å². The molecule has 0 heterocycles. The van der Waals surface area contributed by atoms with Crippen LogP contribution < -0.4 is 0 Å². The average Bonchev–Trinajstić information content (AvgIpc) is 2.15. The smallest absolute Gasteiger partial charge is 0.333 e. The van der Waals surface area contributed by atoms with E-state index >= 15 is 0 Å². The minimum absolute atomic E-state index is 0.639. The van der Waals surface area contributed by atoms with Crippen LogP contribution in [0.2, 0.25) is 0 Å². The predicted octanol–water partition coefficient (Wildman–Crippen LogP) is 0.279. The molecule has 11 heavy (non-hydrogen) atoms. The summed E-state index contributed by atoms with van der Waals surface area (Å²) in [5.74, 6) is -2.12. The van der Waals surface area contributed by atoms with Crippen LogP contribution in [0.1, 0.15) is 11.0 Å². The molecular formula is C7H10O4. The Balaban J connectivity index is 5.15. The third-order valence-electron chi connectivity index (χ3n) is 0.827. The van der Waals surface area contributed by atoms with Gasteiger partial charge in [0.05, 0.1) is 15.6 Å². The number of methoxy groups -OCH3 is 2. The Bertz CT molecular complexity index is 272. The maximum absolute atomic E-state index is 11.0. The summed E-state index contributed by atoms with van der Waals surface area (Å²) < 4.78 is 29.5. The molecule has 0 aromatic rings. The SMILES string of the molecule is [2H]/C(C(=O)OC)=C(\C(=O)OC)C([2H])[2H]. The molecule has 0 atom stereocenters. The fourth-order valence-corrected chi connectivity index (χ4v) is 0.322. The first-order valence-electron chi connectivity index (χ1n) is 4.33. The van der Waals surface area contributed by atoms with Crippen LogP contribution in [0.3, 0.4) is 0 Å². The van der Waals surface area contributed by atoms with E-state index in [1.54, 1.807) is 0 Å². The van der Waals surface area contributed by atoms with Crippen LogP contribution in [0.5, 0.6) is 0 Å². The molecule has 0 bridgehead atoms. The largest absolute Gasteiger partial charge is 0.466 e. The second-order valence-electron chi connectivity index (χ2n) is 1.52. The zero-order valence-corrected chi connectivity index (χ0v) is 6.21. The van der Waals surface area contributed by atoms with Gasteiger partial charge in [-0.2, -0.15) is 0 Å². The van der Waals surface area contributed by atoms with Gasteiger partial charge in [0.2, 0.25) is 0 Å². The van der Waals surface area contributed by atoms with Crippen molar-refractivity contribution in [2.24, 2.45) is 0 Å². The summed E-state index contributed by atoms with van der Waals surface area (Å²) >= 11 is 0. The molecule has 0 aliphatic heterocycles. The number of ether oxygens (including phenoxy) is 2. The fourth-order valence-electron chi connectivity index (χ4n) is 0.322. The minimum Gasteiger partial charge on any atom is -0.466 e. The monoisotopic (exact) mass is 161 g/mol. The summed E-state index contributed by atoms with van der Waals surface area (Å²) in [5, 5.41) is 0. The summed E-state index contributed by atoms with van der Waals surface area (Å²) in [6.07, 6.45) is 0. The van der Waals surface area contributed by atoms with Gasteiger partial charge in [-0.3, -0.25) is 0 Å². The van der Waals surface area contributed by atoms with Gasteiger partial charge < -0.3 is 9.47 Å². The first kappa shape index (κ1) is 5.35. The Kier molecular flexibility index (Phi) is 2.18. The third-order valence-corrected chi connectivity index (χ3v) is 0.827. The molecule has 0 spiro atoms. The van der Waals surface area contributed by atoms with Crippen molar-refractivity contribution >= 4 is 11.9 Å². The van der Waals surface area contributed by atoms with E-state index in [9.17, 15) is 9.59 Å². The lowest BCUT2D eigenvalue weighted by Gasteiger charge is -1.96. The highest BCUT2D eigenvalue weighted by atomic mass is 16.5. The van der Waals surface area contributed by atoms with Gasteiger partial charge in [-0.15, -0.1) is 0 Å². The molecule has 0 aromatic heterocycles. The first-order chi connectivity index (χ1) is 6.45. The van der Waals surface area contributed by atoms with Crippen molar-refractivity contribution in [3.05, 3.63) is 11.6 Å². The van der Waals surface area contributed by atoms with Gasteiger partial charge in [0.1, 0.15) is 0 Å². The number of rotatable bonds is 2. The summed E-state index contributed by atoms with van der Waals surface area (Å²) in [5.41, 5.74) is -0.639. The number of carbonyl (C=O) groups is 2. The Morgan fingerprint density at radius 2 is 2.09 bits per heavy atom. The van der Waals surface area contributed by atoms with Crippen molar-refractivity contribution in [1.82, 2.24) is 0 Å². The van der Waals surface area contributed by atoms with Crippen molar-refractivity contribution in [1.29, 1.82) is 0 Å². The molecule has 0 fully saturated rings. The maximum atomic E-state index is 11.0. The molecule has 0 amide bonds. The molecule has 62 valence electrons. The van der Waals surface area contributed by atoms with Crippen molar-refractivity contribution in [2.75, 3.05) is 14.2 Å². The molecule has 0 saturated heterocycles. The number of hydrogen-bond acceptors (Lipinski definition) is 4. The van der Waals surface area contributed by atoms with E-state index in [-0.39, 0.29) is 0 Å². The van der Waals surface area contributed by atoms with Gasteiger partial charge in [-0.05, 0) is 6.88 Å². The maximum Gasteiger partial charge on any atom is 0.333 e. The molecule has 0 aliphatic rings. The van der Waals surface area contributed by atoms with E-state index in [2.05, 4.69) is 9.47 Å². The number of carbonyl (C=O) groups excluding carboxylic acids is 2. The molecule has 0 aliphatic carbocycles. The quantitative estimate of drug-likeness (QED) is 0.431. The highest BCUT2D eigenvalue weighted by Gasteiger charge is 2.05. The van der Waals surface area contributed by atoms with Gasteiger partial charge in [-0.25, -0.2) is 9.59 Å². The third kappa shape index (κ3) is 3.40. The lowest BCUT2D eigenvalue weighted by molar-refractivity contribution is -0.138. The molecule has 0 unspecified atom stereocenters. The summed E-state index contributed by atoms with van der Waals surface area (Å²) in [6.45, 7) is -1.76. The second kappa shape index (κ2) is 4.49. The van der Waals surface area contributed by atoms with E-state index < -0.39 is 30.4 Å². The molecule has 0 saturated carbocycles. The zero-order valence-electron chi connectivity index (χ0n) is 9.21. The normalized spacial score (nSPS) is 15.7. The summed E-state index contributed by atoms with van der Waals surface area (Å²) in [7, 11) is 2.07. The van der Waals surface area contributed by atoms with Crippen LogP contribution in [0, 0.1) is 0 Å². The molecule has 0 N–H and O–H groups in total. The first-order valence-corrected chi connectivity index (χ1v) is 2.67. The molecule has 4 nitrogen and oxygen atoms in total. The summed E-state index contributed by atoms with van der Waals surface area (Å²) in [6, 6.07) is -0.825. The van der Waals surface area contributed by atoms with Crippen molar-refractivity contribution in [3.8, 4) is 0 Å². The van der Waals surface area contributed by atoms with Crippen LogP contribution in [0.15, 0.2) is 11.6 Å². The van der Waals surface area contributed by atoms with Gasteiger partial charge >= 0.3 is 11.9 Å². The van der Waals surface area contributed by atoms with Crippen LogP contribution in [-0.4, -0.2) is 26.2 Å². The second-order valence-corrected chi connectivity index (χ2v) is 1.52. The average molecular weight is 161 g/mol. The van der Waals surface area contributed by atoms with E-state index in [0.717, 1.165) is 14.2 Å². The van der Waals surface area contributed by atoms with Crippen LogP contribution >= 0.6 is 0 Å². The van der Waals surface area contributed by atoms with Gasteiger partial charge in [-0.1, -0.05) is 0 Å². The van der Waals surface area contributed by atoms with E-state index in [1.807, 2.05) is 0 Å². The van der Waals surface area contributed by atoms with E-state index in [0.29, 0.717) is 0 Å². The molecule has 4 heteroatoms. The fraction of sp³-hybridized carbons (Fsp3) is 0.429. The lowest BCUT2D eigenvalue weighted by atomic mass is 10.3. The lowest BCUT2D eigenvalue weighted by Crippen LogP contribution is -2.05. The Morgan fingerprint density at radius 3 is 2.45 bits per heavy atom. The molecule has 0 radical (unpaired) electrons. The van der Waals surface area contributed by atoms with Gasteiger partial charge in [0.25, 0.3) is 0 Å². The number of esters is 2. The van der Waals surface area contributed by atoms with E-state index in [1.165, 1.54) is 0 Å². The highest BCUT2D eigenvalue weighted by molar-refractivity contribution is 5.95. The number of hydrogen-bond donors (Lipinski definition) is 0. The minimum atomic E-state index is -1.76. The summed E-state index contributed by atoms with van der Waals surface area (Å²) in [4.78, 5) is 21.8. The Morgan fingerprint density at radius 1 is 1.45 bits per heavy atom. The molecule has 0 rings (SSSR count). The van der Waals surface area contributed by atoms with Crippen molar-refractivity contribution in [3.63, 3.8) is 0 Å². The van der Waals surface area contributed by atoms with Crippen LogP contribution in [0.25, 0.3) is 0 Å². The van der Waals surface area contributed by atoms with Crippen LogP contribution in [-0.2, 0) is 19.1 Å². The van der Waals surface area contributed by atoms with Crippen molar-refractivity contribution in [2.45, 2.75) is 6.88 Å². The van der Waals surface area contributed by atoms with Crippen LogP contribution in [0.4, 0.5) is 0 Å². The molecular weight excluding hydrogens is 148 g/mol. The van der Waals surface area contributed by atoms with Gasteiger partial charge in [0.15, 0.2) is 0 Å². The Hall–Kier alpha value is -1.32. The zero-order chi connectivity index (χ0) is 11.3. The standard InChI is InChI=1S/C7H10O4/c1-5(7(9)11-3)4-6(8)10-2/h4H,1-3H3/b5-4+/i1D2,4D. The van der Waals surface area contributed by atoms with Gasteiger partial charge in [0, 0.05) is 14.4 Å².